The number of amides is 1. The summed E-state index contributed by atoms with van der Waals surface area (Å²) in [6.45, 7) is 0.595. The third kappa shape index (κ3) is 3.77. The highest BCUT2D eigenvalue weighted by Crippen LogP contribution is 2.11. The van der Waals surface area contributed by atoms with Crippen molar-refractivity contribution in [3.05, 3.63) is 58.7 Å². The van der Waals surface area contributed by atoms with E-state index in [-0.39, 0.29) is 5.91 Å². The van der Waals surface area contributed by atoms with Crippen LogP contribution in [-0.4, -0.2) is 17.4 Å². The van der Waals surface area contributed by atoms with Crippen LogP contribution in [0, 0.1) is 0 Å². The highest BCUT2D eigenvalue weighted by atomic mass is 35.5. The number of carbonyl (C=O) groups is 1. The number of hydrogen-bond donors (Lipinski definition) is 2. The van der Waals surface area contributed by atoms with Crippen LogP contribution in [-0.2, 0) is 6.42 Å². The minimum atomic E-state index is -0.214. The SMILES string of the molecule is NCCc1ccc(C(=O)Nc2cccc(Cl)n2)cc1. The first-order valence-electron chi connectivity index (χ1n) is 5.92. The minimum Gasteiger partial charge on any atom is -0.330 e. The Morgan fingerprint density at radius 2 is 1.95 bits per heavy atom. The summed E-state index contributed by atoms with van der Waals surface area (Å²) in [5, 5.41) is 3.03. The molecule has 4 nitrogen and oxygen atoms in total. The Morgan fingerprint density at radius 1 is 1.21 bits per heavy atom. The van der Waals surface area contributed by atoms with Crippen molar-refractivity contribution < 1.29 is 4.79 Å². The molecule has 0 saturated carbocycles. The fraction of sp³-hybridized carbons (Fsp3) is 0.143. The first kappa shape index (κ1) is 13.5. The molecule has 1 aromatic carbocycles. The zero-order chi connectivity index (χ0) is 13.7. The monoisotopic (exact) mass is 275 g/mol. The van der Waals surface area contributed by atoms with Gasteiger partial charge in [0.1, 0.15) is 11.0 Å². The van der Waals surface area contributed by atoms with Gasteiger partial charge in [-0.1, -0.05) is 29.8 Å². The number of nitrogens with one attached hydrogen (secondary N) is 1. The summed E-state index contributed by atoms with van der Waals surface area (Å²) in [6, 6.07) is 12.4. The van der Waals surface area contributed by atoms with Gasteiger partial charge in [0, 0.05) is 5.56 Å². The average molecular weight is 276 g/mol. The lowest BCUT2D eigenvalue weighted by Crippen LogP contribution is -2.13. The predicted octanol–water partition coefficient (Wildman–Crippen LogP) is 2.49. The maximum atomic E-state index is 12.0. The fourth-order valence-corrected chi connectivity index (χ4v) is 1.82. The van der Waals surface area contributed by atoms with Gasteiger partial charge < -0.3 is 11.1 Å². The summed E-state index contributed by atoms with van der Waals surface area (Å²) in [6.07, 6.45) is 0.803. The van der Waals surface area contributed by atoms with E-state index in [2.05, 4.69) is 10.3 Å². The van der Waals surface area contributed by atoms with Crippen molar-refractivity contribution >= 4 is 23.3 Å². The molecule has 0 atom stereocenters. The molecular weight excluding hydrogens is 262 g/mol. The Kier molecular flexibility index (Phi) is 4.49. The van der Waals surface area contributed by atoms with Crippen LogP contribution in [0.25, 0.3) is 0 Å². The van der Waals surface area contributed by atoms with Gasteiger partial charge in [-0.15, -0.1) is 0 Å². The Labute approximate surface area is 116 Å². The second kappa shape index (κ2) is 6.31. The highest BCUT2D eigenvalue weighted by molar-refractivity contribution is 6.29. The van der Waals surface area contributed by atoms with Gasteiger partial charge in [0.15, 0.2) is 0 Å². The van der Waals surface area contributed by atoms with E-state index in [1.54, 1.807) is 30.3 Å². The molecule has 1 aromatic heterocycles. The summed E-state index contributed by atoms with van der Waals surface area (Å²) < 4.78 is 0. The van der Waals surface area contributed by atoms with Crippen LogP contribution in [0.2, 0.25) is 5.15 Å². The van der Waals surface area contributed by atoms with Gasteiger partial charge in [0.2, 0.25) is 0 Å². The molecule has 1 amide bonds. The molecule has 1 heterocycles. The summed E-state index contributed by atoms with van der Waals surface area (Å²) in [5.74, 6) is 0.220. The van der Waals surface area contributed by atoms with Crippen molar-refractivity contribution in [2.45, 2.75) is 6.42 Å². The Morgan fingerprint density at radius 3 is 2.58 bits per heavy atom. The quantitative estimate of drug-likeness (QED) is 0.843. The van der Waals surface area contributed by atoms with Gasteiger partial charge in [-0.05, 0) is 42.8 Å². The lowest BCUT2D eigenvalue weighted by Gasteiger charge is -2.05. The molecule has 0 aliphatic rings. The van der Waals surface area contributed by atoms with Crippen LogP contribution < -0.4 is 11.1 Å². The Bertz CT molecular complexity index is 569. The van der Waals surface area contributed by atoms with Crippen molar-refractivity contribution in [1.82, 2.24) is 4.98 Å². The van der Waals surface area contributed by atoms with Crippen molar-refractivity contribution in [1.29, 1.82) is 0 Å². The van der Waals surface area contributed by atoms with Gasteiger partial charge in [0.25, 0.3) is 5.91 Å². The number of hydrogen-bond acceptors (Lipinski definition) is 3. The van der Waals surface area contributed by atoms with Crippen LogP contribution in [0.1, 0.15) is 15.9 Å². The molecule has 0 aliphatic heterocycles. The molecule has 2 aromatic rings. The molecule has 0 bridgehead atoms. The van der Waals surface area contributed by atoms with Crippen LogP contribution >= 0.6 is 11.6 Å². The van der Waals surface area contributed by atoms with Gasteiger partial charge in [-0.25, -0.2) is 4.98 Å². The maximum Gasteiger partial charge on any atom is 0.256 e. The van der Waals surface area contributed by atoms with Gasteiger partial charge >= 0.3 is 0 Å². The summed E-state index contributed by atoms with van der Waals surface area (Å²) >= 11 is 5.76. The van der Waals surface area contributed by atoms with Crippen LogP contribution in [0.15, 0.2) is 42.5 Å². The molecule has 0 fully saturated rings. The summed E-state index contributed by atoms with van der Waals surface area (Å²) in [7, 11) is 0. The van der Waals surface area contributed by atoms with Gasteiger partial charge in [-0.2, -0.15) is 0 Å². The van der Waals surface area contributed by atoms with Crippen molar-refractivity contribution in [2.24, 2.45) is 5.73 Å². The van der Waals surface area contributed by atoms with Gasteiger partial charge in [-0.3, -0.25) is 4.79 Å². The lowest BCUT2D eigenvalue weighted by molar-refractivity contribution is 0.102. The normalized spacial score (nSPS) is 10.2. The molecule has 0 aliphatic carbocycles. The van der Waals surface area contributed by atoms with Crippen LogP contribution in [0.4, 0.5) is 5.82 Å². The standard InChI is InChI=1S/C14H14ClN3O/c15-12-2-1-3-13(17-12)18-14(19)11-6-4-10(5-7-11)8-9-16/h1-7H,8-9,16H2,(H,17,18,19). The van der Waals surface area contributed by atoms with E-state index in [1.807, 2.05) is 12.1 Å². The zero-order valence-corrected chi connectivity index (χ0v) is 11.0. The molecule has 0 saturated heterocycles. The second-order valence-corrected chi connectivity index (χ2v) is 4.42. The van der Waals surface area contributed by atoms with E-state index in [1.165, 1.54) is 0 Å². The summed E-state index contributed by atoms with van der Waals surface area (Å²) in [5.41, 5.74) is 7.16. The predicted molar refractivity (Wildman–Crippen MR) is 76.4 cm³/mol. The van der Waals surface area contributed by atoms with E-state index in [0.29, 0.717) is 23.1 Å². The van der Waals surface area contributed by atoms with Gasteiger partial charge in [0.05, 0.1) is 0 Å². The molecule has 0 unspecified atom stereocenters. The maximum absolute atomic E-state index is 12.0. The number of carbonyl (C=O) groups excluding carboxylic acids is 1. The third-order valence-corrected chi connectivity index (χ3v) is 2.82. The van der Waals surface area contributed by atoms with Crippen molar-refractivity contribution in [2.75, 3.05) is 11.9 Å². The fourth-order valence-electron chi connectivity index (χ4n) is 1.66. The van der Waals surface area contributed by atoms with E-state index < -0.39 is 0 Å². The molecule has 5 heteroatoms. The number of rotatable bonds is 4. The Hall–Kier alpha value is -1.91. The number of halogens is 1. The first-order chi connectivity index (χ1) is 9.19. The molecule has 3 N–H and O–H groups in total. The number of nitrogens with zero attached hydrogens (tertiary/aromatic N) is 1. The highest BCUT2D eigenvalue weighted by Gasteiger charge is 2.06. The number of aromatic nitrogens is 1. The number of nitrogens with two attached hydrogens (primary N) is 1. The second-order valence-electron chi connectivity index (χ2n) is 4.04. The van der Waals surface area contributed by atoms with E-state index in [9.17, 15) is 4.79 Å². The first-order valence-corrected chi connectivity index (χ1v) is 6.30. The van der Waals surface area contributed by atoms with Crippen LogP contribution in [0.5, 0.6) is 0 Å². The molecule has 0 radical (unpaired) electrons. The lowest BCUT2D eigenvalue weighted by atomic mass is 10.1. The van der Waals surface area contributed by atoms with E-state index in [0.717, 1.165) is 12.0 Å². The number of pyridine rings is 1. The van der Waals surface area contributed by atoms with Crippen molar-refractivity contribution in [3.8, 4) is 0 Å². The Balaban J connectivity index is 2.07. The minimum absolute atomic E-state index is 0.214. The van der Waals surface area contributed by atoms with E-state index >= 15 is 0 Å². The molecule has 0 spiro atoms. The number of anilines is 1. The average Bonchev–Trinajstić information content (AvgIpc) is 2.40. The summed E-state index contributed by atoms with van der Waals surface area (Å²) in [4.78, 5) is 16.0. The molecular formula is C14H14ClN3O. The molecule has 98 valence electrons. The largest absolute Gasteiger partial charge is 0.330 e. The number of benzene rings is 1. The zero-order valence-electron chi connectivity index (χ0n) is 10.3. The topological polar surface area (TPSA) is 68.0 Å². The van der Waals surface area contributed by atoms with Crippen molar-refractivity contribution in [3.63, 3.8) is 0 Å². The molecule has 2 rings (SSSR count). The third-order valence-electron chi connectivity index (χ3n) is 2.61. The molecule has 19 heavy (non-hydrogen) atoms. The smallest absolute Gasteiger partial charge is 0.256 e. The van der Waals surface area contributed by atoms with E-state index in [4.69, 9.17) is 17.3 Å². The van der Waals surface area contributed by atoms with Crippen LogP contribution in [0.3, 0.4) is 0 Å².